The minimum atomic E-state index is -3.78. The molecule has 11 heteroatoms. The van der Waals surface area contributed by atoms with Crippen LogP contribution >= 0.6 is 0 Å². The van der Waals surface area contributed by atoms with E-state index in [-0.39, 0.29) is 21.9 Å². The average molecular weight is 484 g/mol. The van der Waals surface area contributed by atoms with E-state index in [9.17, 15) is 26.8 Å². The molecule has 34 heavy (non-hydrogen) atoms. The quantitative estimate of drug-likeness (QED) is 0.515. The van der Waals surface area contributed by atoms with E-state index in [1.165, 1.54) is 43.4 Å². The van der Waals surface area contributed by atoms with Crippen LogP contribution in [0.4, 0.5) is 14.5 Å². The Morgan fingerprint density at radius 1 is 0.941 bits per heavy atom. The van der Waals surface area contributed by atoms with Crippen molar-refractivity contribution in [2.45, 2.75) is 10.9 Å². The van der Waals surface area contributed by atoms with Crippen molar-refractivity contribution in [3.63, 3.8) is 0 Å². The van der Waals surface area contributed by atoms with Gasteiger partial charge in [0.05, 0.1) is 0 Å². The van der Waals surface area contributed by atoms with E-state index < -0.39 is 39.5 Å². The van der Waals surface area contributed by atoms with E-state index in [1.54, 1.807) is 18.2 Å². The predicted molar refractivity (Wildman–Crippen MR) is 121 cm³/mol. The first-order valence-corrected chi connectivity index (χ1v) is 11.4. The third kappa shape index (κ3) is 4.50. The number of rotatable bonds is 5. The Balaban J connectivity index is 1.52. The van der Waals surface area contributed by atoms with Gasteiger partial charge in [0.2, 0.25) is 5.91 Å². The number of carbonyl (C=O) groups excluding carboxylic acids is 2. The Hall–Kier alpha value is -4.12. The molecular weight excluding hydrogens is 466 g/mol. The van der Waals surface area contributed by atoms with E-state index in [0.29, 0.717) is 11.3 Å². The maximum absolute atomic E-state index is 13.6. The largest absolute Gasteiger partial charge is 0.357 e. The minimum Gasteiger partial charge on any atom is -0.357 e. The molecule has 1 atom stereocenters. The summed E-state index contributed by atoms with van der Waals surface area (Å²) in [4.78, 5) is 25.1. The second-order valence-electron chi connectivity index (χ2n) is 7.31. The number of benzene rings is 3. The third-order valence-electron chi connectivity index (χ3n) is 5.10. The van der Waals surface area contributed by atoms with Crippen LogP contribution in [0.3, 0.4) is 0 Å². The second-order valence-corrected chi connectivity index (χ2v) is 8.88. The number of likely N-dealkylation sites (N-methyl/N-ethyl adjacent to an activating group) is 1. The van der Waals surface area contributed by atoms with E-state index in [1.807, 2.05) is 0 Å². The standard InChI is InChI=1S/C23H18F2N4O4S/c1-26-23(31)20(14-8-11-17(24)18(25)12-14)28-22(30)13-6-9-15(10-7-13)27-21-16-4-2-3-5-19(16)34(32,33)29-21/h2-12,20H,1H3,(H,26,31)(H,27,29)(H,28,30). The molecule has 3 aromatic carbocycles. The lowest BCUT2D eigenvalue weighted by Crippen LogP contribution is -2.39. The number of halogens is 2. The summed E-state index contributed by atoms with van der Waals surface area (Å²) < 4.78 is 55.0. The van der Waals surface area contributed by atoms with Gasteiger partial charge < -0.3 is 16.0 Å². The lowest BCUT2D eigenvalue weighted by atomic mass is 10.0. The molecule has 174 valence electrons. The molecule has 3 N–H and O–H groups in total. The first-order chi connectivity index (χ1) is 16.2. The number of hydrogen-bond acceptors (Lipinski definition) is 5. The summed E-state index contributed by atoms with van der Waals surface area (Å²) in [6.07, 6.45) is 0. The molecule has 1 heterocycles. The highest BCUT2D eigenvalue weighted by molar-refractivity contribution is 7.90. The second kappa shape index (κ2) is 9.02. The van der Waals surface area contributed by atoms with Crippen molar-refractivity contribution in [2.24, 2.45) is 4.40 Å². The molecule has 0 bridgehead atoms. The van der Waals surface area contributed by atoms with Gasteiger partial charge in [-0.1, -0.05) is 18.2 Å². The molecule has 0 aromatic heterocycles. The number of carbonyl (C=O) groups is 2. The summed E-state index contributed by atoms with van der Waals surface area (Å²) in [6, 6.07) is 14.1. The molecule has 2 amide bonds. The van der Waals surface area contributed by atoms with E-state index in [0.717, 1.165) is 12.1 Å². The van der Waals surface area contributed by atoms with Crippen molar-refractivity contribution < 1.29 is 26.8 Å². The first kappa shape index (κ1) is 23.1. The molecule has 0 fully saturated rings. The fourth-order valence-corrected chi connectivity index (χ4v) is 4.56. The van der Waals surface area contributed by atoms with Crippen LogP contribution in [0, 0.1) is 11.6 Å². The summed E-state index contributed by atoms with van der Waals surface area (Å²) in [6.45, 7) is 0. The number of sulfonamides is 1. The highest BCUT2D eigenvalue weighted by Crippen LogP contribution is 2.27. The molecular formula is C23H18F2N4O4S. The van der Waals surface area contributed by atoms with Crippen molar-refractivity contribution >= 4 is 33.4 Å². The van der Waals surface area contributed by atoms with Gasteiger partial charge in [-0.2, -0.15) is 8.42 Å². The number of amides is 2. The van der Waals surface area contributed by atoms with Gasteiger partial charge >= 0.3 is 0 Å². The van der Waals surface area contributed by atoms with Crippen LogP contribution < -0.4 is 16.0 Å². The number of hydrogen-bond donors (Lipinski definition) is 3. The number of nitrogens with one attached hydrogen (secondary N) is 3. The van der Waals surface area contributed by atoms with E-state index >= 15 is 0 Å². The van der Waals surface area contributed by atoms with Gasteiger partial charge in [-0.05, 0) is 54.1 Å². The summed E-state index contributed by atoms with van der Waals surface area (Å²) in [5.41, 5.74) is 1.17. The predicted octanol–water partition coefficient (Wildman–Crippen LogP) is 2.74. The molecule has 1 aliphatic heterocycles. The van der Waals surface area contributed by atoms with Gasteiger partial charge in [0.15, 0.2) is 17.5 Å². The molecule has 0 saturated heterocycles. The zero-order chi connectivity index (χ0) is 24.5. The van der Waals surface area contributed by atoms with Crippen molar-refractivity contribution in [1.82, 2.24) is 10.6 Å². The first-order valence-electron chi connectivity index (χ1n) is 9.98. The van der Waals surface area contributed by atoms with Gasteiger partial charge in [-0.3, -0.25) is 9.59 Å². The molecule has 4 rings (SSSR count). The molecule has 1 aliphatic rings. The molecule has 0 radical (unpaired) electrons. The van der Waals surface area contributed by atoms with Crippen LogP contribution in [-0.2, 0) is 14.8 Å². The Morgan fingerprint density at radius 2 is 1.65 bits per heavy atom. The minimum absolute atomic E-state index is 0.0732. The average Bonchev–Trinajstić information content (AvgIpc) is 3.09. The third-order valence-corrected chi connectivity index (χ3v) is 6.44. The molecule has 0 saturated carbocycles. The Kier molecular flexibility index (Phi) is 6.12. The van der Waals surface area contributed by atoms with Crippen LogP contribution in [0.5, 0.6) is 0 Å². The van der Waals surface area contributed by atoms with Crippen LogP contribution in [0.15, 0.2) is 76.0 Å². The van der Waals surface area contributed by atoms with Gasteiger partial charge in [-0.25, -0.2) is 8.78 Å². The summed E-state index contributed by atoms with van der Waals surface area (Å²) in [5, 5.41) is 7.80. The van der Waals surface area contributed by atoms with E-state index in [4.69, 9.17) is 0 Å². The number of fused-ring (bicyclic) bond motifs is 1. The Morgan fingerprint density at radius 3 is 2.32 bits per heavy atom. The normalized spacial score (nSPS) is 14.5. The fraction of sp³-hybridized carbons (Fsp3) is 0.0870. The topological polar surface area (TPSA) is 117 Å². The van der Waals surface area contributed by atoms with E-state index in [2.05, 4.69) is 20.3 Å². The maximum atomic E-state index is 13.6. The van der Waals surface area contributed by atoms with Crippen molar-refractivity contribution in [3.8, 4) is 0 Å². The summed E-state index contributed by atoms with van der Waals surface area (Å²) in [7, 11) is -2.43. The summed E-state index contributed by atoms with van der Waals surface area (Å²) in [5.74, 6) is -3.30. The molecule has 0 aliphatic carbocycles. The zero-order valence-electron chi connectivity index (χ0n) is 17.7. The van der Waals surface area contributed by atoms with Crippen molar-refractivity contribution in [1.29, 1.82) is 0 Å². The smallest absolute Gasteiger partial charge is 0.285 e. The van der Waals surface area contributed by atoms with Crippen LogP contribution in [-0.4, -0.2) is 33.1 Å². The molecule has 3 aromatic rings. The van der Waals surface area contributed by atoms with Gasteiger partial charge in [0.1, 0.15) is 10.9 Å². The van der Waals surface area contributed by atoms with Crippen LogP contribution in [0.2, 0.25) is 0 Å². The number of anilines is 1. The van der Waals surface area contributed by atoms with Crippen molar-refractivity contribution in [2.75, 3.05) is 12.4 Å². The lowest BCUT2D eigenvalue weighted by molar-refractivity contribution is -0.122. The number of nitrogens with zero attached hydrogens (tertiary/aromatic N) is 1. The Bertz CT molecular complexity index is 1420. The SMILES string of the molecule is CNC(=O)C(NC(=O)c1ccc(NC2=NS(=O)(=O)c3ccccc32)cc1)c1ccc(F)c(F)c1. The summed E-state index contributed by atoms with van der Waals surface area (Å²) >= 11 is 0. The molecule has 1 unspecified atom stereocenters. The zero-order valence-corrected chi connectivity index (χ0v) is 18.5. The van der Waals surface area contributed by atoms with Crippen molar-refractivity contribution in [3.05, 3.63) is 95.1 Å². The highest BCUT2D eigenvalue weighted by Gasteiger charge is 2.28. The maximum Gasteiger partial charge on any atom is 0.285 e. The van der Waals surface area contributed by atoms with Gasteiger partial charge in [0.25, 0.3) is 15.9 Å². The van der Waals surface area contributed by atoms with Gasteiger partial charge in [0, 0.05) is 23.9 Å². The fourth-order valence-electron chi connectivity index (χ4n) is 3.39. The van der Waals surface area contributed by atoms with Crippen LogP contribution in [0.1, 0.15) is 27.5 Å². The molecule has 0 spiro atoms. The van der Waals surface area contributed by atoms with Crippen LogP contribution in [0.25, 0.3) is 0 Å². The monoisotopic (exact) mass is 484 g/mol. The Labute approximate surface area is 193 Å². The van der Waals surface area contributed by atoms with Gasteiger partial charge in [-0.15, -0.1) is 4.40 Å². The highest BCUT2D eigenvalue weighted by atomic mass is 32.2. The molecule has 8 nitrogen and oxygen atoms in total. The number of amidine groups is 1. The lowest BCUT2D eigenvalue weighted by Gasteiger charge is -2.18.